The minimum atomic E-state index is 0.325. The molecule has 0 aliphatic heterocycles. The summed E-state index contributed by atoms with van der Waals surface area (Å²) in [5, 5.41) is 0.325. The standard InChI is InChI=1S/C7H13Cl/c1-3-4-5-6-7(2)8/h3-4,7H,5-6H2,1-2H3. The van der Waals surface area contributed by atoms with Crippen molar-refractivity contribution in [3.8, 4) is 0 Å². The van der Waals surface area contributed by atoms with Crippen LogP contribution in [0.25, 0.3) is 0 Å². The van der Waals surface area contributed by atoms with Crippen LogP contribution in [0.5, 0.6) is 0 Å². The molecule has 0 aromatic carbocycles. The smallest absolute Gasteiger partial charge is 0.0310 e. The van der Waals surface area contributed by atoms with E-state index < -0.39 is 0 Å². The van der Waals surface area contributed by atoms with Crippen molar-refractivity contribution in [2.45, 2.75) is 32.1 Å². The Balaban J connectivity index is 2.93. The van der Waals surface area contributed by atoms with Gasteiger partial charge in [-0.05, 0) is 26.7 Å². The predicted molar refractivity (Wildman–Crippen MR) is 39.4 cm³/mol. The number of hydrogen-bond donors (Lipinski definition) is 0. The number of rotatable bonds is 3. The van der Waals surface area contributed by atoms with Crippen LogP contribution in [0.1, 0.15) is 26.7 Å². The quantitative estimate of drug-likeness (QED) is 0.409. The molecule has 0 aliphatic carbocycles. The number of halogens is 1. The lowest BCUT2D eigenvalue weighted by Gasteiger charge is -1.95. The molecule has 0 radical (unpaired) electrons. The van der Waals surface area contributed by atoms with Crippen LogP contribution in [0.15, 0.2) is 12.2 Å². The van der Waals surface area contributed by atoms with Crippen molar-refractivity contribution >= 4 is 11.6 Å². The van der Waals surface area contributed by atoms with Crippen molar-refractivity contribution in [1.29, 1.82) is 0 Å². The molecule has 0 saturated carbocycles. The monoisotopic (exact) mass is 132 g/mol. The van der Waals surface area contributed by atoms with Crippen LogP contribution < -0.4 is 0 Å². The van der Waals surface area contributed by atoms with Gasteiger partial charge in [0, 0.05) is 5.38 Å². The fraction of sp³-hybridized carbons (Fsp3) is 0.714. The van der Waals surface area contributed by atoms with E-state index in [0.29, 0.717) is 5.38 Å². The summed E-state index contributed by atoms with van der Waals surface area (Å²) in [6.07, 6.45) is 6.39. The average Bonchev–Trinajstić information content (AvgIpc) is 1.66. The van der Waals surface area contributed by atoms with E-state index in [1.54, 1.807) is 0 Å². The summed E-state index contributed by atoms with van der Waals surface area (Å²) in [6.45, 7) is 4.05. The van der Waals surface area contributed by atoms with E-state index in [1.807, 2.05) is 13.8 Å². The molecule has 0 bridgehead atoms. The molecule has 0 N–H and O–H groups in total. The van der Waals surface area contributed by atoms with Crippen molar-refractivity contribution < 1.29 is 0 Å². The molecule has 0 aromatic rings. The number of alkyl halides is 1. The van der Waals surface area contributed by atoms with Gasteiger partial charge in [-0.2, -0.15) is 0 Å². The molecule has 0 nitrogen and oxygen atoms in total. The lowest BCUT2D eigenvalue weighted by molar-refractivity contribution is 0.823. The van der Waals surface area contributed by atoms with Gasteiger partial charge in [-0.15, -0.1) is 11.6 Å². The third-order valence-electron chi connectivity index (χ3n) is 0.967. The van der Waals surface area contributed by atoms with Crippen LogP contribution in [0.2, 0.25) is 0 Å². The first-order chi connectivity index (χ1) is 3.77. The topological polar surface area (TPSA) is 0 Å². The zero-order valence-corrected chi connectivity index (χ0v) is 6.28. The van der Waals surface area contributed by atoms with Crippen molar-refractivity contribution in [1.82, 2.24) is 0 Å². The van der Waals surface area contributed by atoms with Crippen molar-refractivity contribution in [2.75, 3.05) is 0 Å². The molecule has 0 aliphatic rings. The van der Waals surface area contributed by atoms with Crippen LogP contribution in [0, 0.1) is 0 Å². The highest BCUT2D eigenvalue weighted by Gasteiger charge is 1.90. The molecule has 1 unspecified atom stereocenters. The van der Waals surface area contributed by atoms with Gasteiger partial charge in [-0.1, -0.05) is 12.2 Å². The summed E-state index contributed by atoms with van der Waals surface area (Å²) in [5.74, 6) is 0. The predicted octanol–water partition coefficient (Wildman–Crippen LogP) is 2.97. The van der Waals surface area contributed by atoms with Gasteiger partial charge in [0.05, 0.1) is 0 Å². The maximum absolute atomic E-state index is 5.68. The first-order valence-electron chi connectivity index (χ1n) is 3.02. The van der Waals surface area contributed by atoms with Gasteiger partial charge in [0.1, 0.15) is 0 Å². The molecular weight excluding hydrogens is 120 g/mol. The Labute approximate surface area is 56.5 Å². The van der Waals surface area contributed by atoms with Gasteiger partial charge in [-0.3, -0.25) is 0 Å². The fourth-order valence-electron chi connectivity index (χ4n) is 0.493. The molecule has 8 heavy (non-hydrogen) atoms. The summed E-state index contributed by atoms with van der Waals surface area (Å²) >= 11 is 5.68. The average molecular weight is 133 g/mol. The Morgan fingerprint density at radius 1 is 1.62 bits per heavy atom. The van der Waals surface area contributed by atoms with E-state index in [4.69, 9.17) is 11.6 Å². The molecule has 0 saturated heterocycles. The largest absolute Gasteiger partial charge is 0.123 e. The maximum Gasteiger partial charge on any atom is 0.0310 e. The third-order valence-corrected chi connectivity index (χ3v) is 1.19. The fourth-order valence-corrected chi connectivity index (χ4v) is 0.619. The van der Waals surface area contributed by atoms with E-state index in [-0.39, 0.29) is 0 Å². The number of hydrogen-bond acceptors (Lipinski definition) is 0. The first-order valence-corrected chi connectivity index (χ1v) is 3.46. The lowest BCUT2D eigenvalue weighted by atomic mass is 10.2. The second kappa shape index (κ2) is 5.17. The molecule has 0 heterocycles. The Kier molecular flexibility index (Phi) is 5.19. The molecule has 0 fully saturated rings. The molecule has 0 amide bonds. The minimum absolute atomic E-state index is 0.325. The van der Waals surface area contributed by atoms with Crippen LogP contribution in [0.4, 0.5) is 0 Å². The van der Waals surface area contributed by atoms with Gasteiger partial charge >= 0.3 is 0 Å². The molecule has 1 atom stereocenters. The van der Waals surface area contributed by atoms with Gasteiger partial charge in [0.15, 0.2) is 0 Å². The minimum Gasteiger partial charge on any atom is -0.123 e. The highest BCUT2D eigenvalue weighted by atomic mass is 35.5. The lowest BCUT2D eigenvalue weighted by Crippen LogP contribution is -1.86. The third kappa shape index (κ3) is 6.03. The van der Waals surface area contributed by atoms with Gasteiger partial charge in [0.25, 0.3) is 0 Å². The van der Waals surface area contributed by atoms with Crippen LogP contribution in [-0.4, -0.2) is 5.38 Å². The second-order valence-corrected chi connectivity index (χ2v) is 2.67. The summed E-state index contributed by atoms with van der Waals surface area (Å²) in [4.78, 5) is 0. The Morgan fingerprint density at radius 3 is 2.62 bits per heavy atom. The highest BCUT2D eigenvalue weighted by molar-refractivity contribution is 6.20. The van der Waals surface area contributed by atoms with Gasteiger partial charge < -0.3 is 0 Å². The zero-order valence-electron chi connectivity index (χ0n) is 5.52. The van der Waals surface area contributed by atoms with Gasteiger partial charge in [0.2, 0.25) is 0 Å². The van der Waals surface area contributed by atoms with E-state index >= 15 is 0 Å². The molecule has 48 valence electrons. The first kappa shape index (κ1) is 8.03. The van der Waals surface area contributed by atoms with Crippen molar-refractivity contribution in [3.63, 3.8) is 0 Å². The summed E-state index contributed by atoms with van der Waals surface area (Å²) in [5.41, 5.74) is 0. The Hall–Kier alpha value is 0.0300. The number of allylic oxidation sites excluding steroid dienone is 2. The SMILES string of the molecule is CC=CCCC(C)Cl. The van der Waals surface area contributed by atoms with Crippen molar-refractivity contribution in [2.24, 2.45) is 0 Å². The zero-order chi connectivity index (χ0) is 6.41. The molecule has 0 aromatic heterocycles. The van der Waals surface area contributed by atoms with E-state index in [2.05, 4.69) is 12.2 Å². The van der Waals surface area contributed by atoms with E-state index in [0.717, 1.165) is 12.8 Å². The van der Waals surface area contributed by atoms with E-state index in [1.165, 1.54) is 0 Å². The summed E-state index contributed by atoms with van der Waals surface area (Å²) in [6, 6.07) is 0. The highest BCUT2D eigenvalue weighted by Crippen LogP contribution is 2.03. The van der Waals surface area contributed by atoms with Crippen LogP contribution in [-0.2, 0) is 0 Å². The molecule has 0 rings (SSSR count). The second-order valence-electron chi connectivity index (χ2n) is 1.93. The normalized spacial score (nSPS) is 14.9. The molecule has 0 spiro atoms. The molecule has 1 heteroatoms. The van der Waals surface area contributed by atoms with Crippen LogP contribution >= 0.6 is 11.6 Å². The molecular formula is C7H13Cl. The van der Waals surface area contributed by atoms with Gasteiger partial charge in [-0.25, -0.2) is 0 Å². The Morgan fingerprint density at radius 2 is 2.25 bits per heavy atom. The maximum atomic E-state index is 5.68. The van der Waals surface area contributed by atoms with Crippen molar-refractivity contribution in [3.05, 3.63) is 12.2 Å². The van der Waals surface area contributed by atoms with E-state index in [9.17, 15) is 0 Å². The summed E-state index contributed by atoms with van der Waals surface area (Å²) in [7, 11) is 0. The summed E-state index contributed by atoms with van der Waals surface area (Å²) < 4.78 is 0. The Bertz CT molecular complexity index is 64.8. The van der Waals surface area contributed by atoms with Crippen LogP contribution in [0.3, 0.4) is 0 Å².